The monoisotopic (exact) mass is 272 g/mol. The minimum absolute atomic E-state index is 0.00407. The highest BCUT2D eigenvalue weighted by Crippen LogP contribution is 2.20. The highest BCUT2D eigenvalue weighted by Gasteiger charge is 2.15. The fraction of sp³-hybridized carbons (Fsp3) is 0.267. The zero-order valence-corrected chi connectivity index (χ0v) is 11.6. The van der Waals surface area contributed by atoms with Gasteiger partial charge in [0, 0.05) is 23.5 Å². The third kappa shape index (κ3) is 2.55. The SMILES string of the molecule is CC(NC(=O)c1ccc2c(c1)CNC2)c1cccs1. The number of amides is 1. The molecule has 98 valence electrons. The summed E-state index contributed by atoms with van der Waals surface area (Å²) < 4.78 is 0. The maximum Gasteiger partial charge on any atom is 0.251 e. The first kappa shape index (κ1) is 12.4. The van der Waals surface area contributed by atoms with Crippen LogP contribution >= 0.6 is 11.3 Å². The van der Waals surface area contributed by atoms with Crippen LogP contribution in [-0.4, -0.2) is 5.91 Å². The topological polar surface area (TPSA) is 41.1 Å². The normalized spacial score (nSPS) is 15.0. The van der Waals surface area contributed by atoms with Gasteiger partial charge in [-0.15, -0.1) is 11.3 Å². The molecule has 0 radical (unpaired) electrons. The van der Waals surface area contributed by atoms with Gasteiger partial charge in [0.1, 0.15) is 0 Å². The van der Waals surface area contributed by atoms with Crippen LogP contribution in [0.15, 0.2) is 35.7 Å². The molecule has 0 saturated heterocycles. The quantitative estimate of drug-likeness (QED) is 0.902. The van der Waals surface area contributed by atoms with Gasteiger partial charge >= 0.3 is 0 Å². The number of fused-ring (bicyclic) bond motifs is 1. The Balaban J connectivity index is 1.74. The highest BCUT2D eigenvalue weighted by atomic mass is 32.1. The van der Waals surface area contributed by atoms with E-state index in [1.165, 1.54) is 16.0 Å². The van der Waals surface area contributed by atoms with E-state index in [9.17, 15) is 4.79 Å². The Labute approximate surface area is 116 Å². The molecule has 0 bridgehead atoms. The predicted octanol–water partition coefficient (Wildman–Crippen LogP) is 2.84. The van der Waals surface area contributed by atoms with Crippen LogP contribution in [-0.2, 0) is 13.1 Å². The van der Waals surface area contributed by atoms with E-state index in [2.05, 4.69) is 10.6 Å². The molecule has 0 spiro atoms. The van der Waals surface area contributed by atoms with Crippen molar-refractivity contribution in [2.75, 3.05) is 0 Å². The number of thiophene rings is 1. The molecule has 1 aliphatic heterocycles. The van der Waals surface area contributed by atoms with Crippen LogP contribution in [0.5, 0.6) is 0 Å². The summed E-state index contributed by atoms with van der Waals surface area (Å²) in [5, 5.41) is 8.35. The van der Waals surface area contributed by atoms with Crippen molar-refractivity contribution >= 4 is 17.2 Å². The molecule has 0 fully saturated rings. The first-order valence-corrected chi connectivity index (χ1v) is 7.29. The van der Waals surface area contributed by atoms with Gasteiger partial charge in [-0.2, -0.15) is 0 Å². The van der Waals surface area contributed by atoms with E-state index < -0.39 is 0 Å². The summed E-state index contributed by atoms with van der Waals surface area (Å²) in [5.74, 6) is -0.00407. The molecule has 1 amide bonds. The molecule has 2 N–H and O–H groups in total. The Morgan fingerprint density at radius 2 is 2.16 bits per heavy atom. The zero-order chi connectivity index (χ0) is 13.2. The van der Waals surface area contributed by atoms with Gasteiger partial charge in [0.2, 0.25) is 0 Å². The van der Waals surface area contributed by atoms with Gasteiger partial charge in [0.05, 0.1) is 6.04 Å². The van der Waals surface area contributed by atoms with Crippen LogP contribution in [0.2, 0.25) is 0 Å². The van der Waals surface area contributed by atoms with Gasteiger partial charge in [-0.05, 0) is 41.6 Å². The van der Waals surface area contributed by atoms with E-state index in [0.717, 1.165) is 18.7 Å². The molecule has 1 aliphatic rings. The third-order valence-electron chi connectivity index (χ3n) is 3.42. The van der Waals surface area contributed by atoms with Crippen molar-refractivity contribution in [3.8, 4) is 0 Å². The second kappa shape index (κ2) is 5.15. The number of hydrogen-bond donors (Lipinski definition) is 2. The van der Waals surface area contributed by atoms with Crippen molar-refractivity contribution in [3.05, 3.63) is 57.3 Å². The zero-order valence-electron chi connectivity index (χ0n) is 10.8. The van der Waals surface area contributed by atoms with Crippen LogP contribution in [0, 0.1) is 0 Å². The molecule has 1 aromatic carbocycles. The van der Waals surface area contributed by atoms with Gasteiger partial charge in [0.25, 0.3) is 5.91 Å². The van der Waals surface area contributed by atoms with E-state index in [1.54, 1.807) is 11.3 Å². The predicted molar refractivity (Wildman–Crippen MR) is 77.2 cm³/mol. The van der Waals surface area contributed by atoms with Gasteiger partial charge < -0.3 is 10.6 Å². The smallest absolute Gasteiger partial charge is 0.251 e. The minimum atomic E-state index is -0.00407. The average Bonchev–Trinajstić information content (AvgIpc) is 3.09. The largest absolute Gasteiger partial charge is 0.345 e. The lowest BCUT2D eigenvalue weighted by atomic mass is 10.1. The summed E-state index contributed by atoms with van der Waals surface area (Å²) in [7, 11) is 0. The summed E-state index contributed by atoms with van der Waals surface area (Å²) >= 11 is 1.66. The fourth-order valence-corrected chi connectivity index (χ4v) is 3.06. The van der Waals surface area contributed by atoms with Crippen LogP contribution in [0.3, 0.4) is 0 Å². The first-order chi connectivity index (χ1) is 9.24. The van der Waals surface area contributed by atoms with Crippen molar-refractivity contribution in [2.45, 2.75) is 26.1 Å². The first-order valence-electron chi connectivity index (χ1n) is 6.41. The molecule has 1 atom stereocenters. The van der Waals surface area contributed by atoms with Crippen LogP contribution in [0.25, 0.3) is 0 Å². The Morgan fingerprint density at radius 1 is 1.32 bits per heavy atom. The molecule has 3 nitrogen and oxygen atoms in total. The summed E-state index contributed by atoms with van der Waals surface area (Å²) in [6, 6.07) is 10.0. The second-order valence-corrected chi connectivity index (χ2v) is 5.78. The van der Waals surface area contributed by atoms with E-state index in [4.69, 9.17) is 0 Å². The molecular weight excluding hydrogens is 256 g/mol. The van der Waals surface area contributed by atoms with E-state index >= 15 is 0 Å². The van der Waals surface area contributed by atoms with Gasteiger partial charge in [0.15, 0.2) is 0 Å². The Kier molecular flexibility index (Phi) is 3.36. The van der Waals surface area contributed by atoms with Crippen molar-refractivity contribution in [2.24, 2.45) is 0 Å². The summed E-state index contributed by atoms with van der Waals surface area (Å²) in [4.78, 5) is 13.4. The maximum atomic E-state index is 12.2. The molecular formula is C15H16N2OS. The number of hydrogen-bond acceptors (Lipinski definition) is 3. The number of carbonyl (C=O) groups is 1. The second-order valence-electron chi connectivity index (χ2n) is 4.80. The summed E-state index contributed by atoms with van der Waals surface area (Å²) in [6.45, 7) is 3.78. The molecule has 19 heavy (non-hydrogen) atoms. The maximum absolute atomic E-state index is 12.2. The van der Waals surface area contributed by atoms with Gasteiger partial charge in [-0.3, -0.25) is 4.79 Å². The molecule has 1 aromatic heterocycles. The molecule has 0 aliphatic carbocycles. The van der Waals surface area contributed by atoms with Gasteiger partial charge in [-0.1, -0.05) is 12.1 Å². The molecule has 2 aromatic rings. The van der Waals surface area contributed by atoms with Crippen LogP contribution in [0.4, 0.5) is 0 Å². The molecule has 1 unspecified atom stereocenters. The number of rotatable bonds is 3. The van der Waals surface area contributed by atoms with Gasteiger partial charge in [-0.25, -0.2) is 0 Å². The van der Waals surface area contributed by atoms with E-state index in [1.807, 2.05) is 42.6 Å². The number of nitrogens with one attached hydrogen (secondary N) is 2. The summed E-state index contributed by atoms with van der Waals surface area (Å²) in [5.41, 5.74) is 3.27. The Bertz CT molecular complexity index is 592. The van der Waals surface area contributed by atoms with E-state index in [0.29, 0.717) is 0 Å². The number of benzene rings is 1. The molecule has 2 heterocycles. The molecule has 3 rings (SSSR count). The number of carbonyl (C=O) groups excluding carboxylic acids is 1. The fourth-order valence-electron chi connectivity index (χ4n) is 2.32. The Hall–Kier alpha value is -1.65. The van der Waals surface area contributed by atoms with Crippen molar-refractivity contribution in [1.29, 1.82) is 0 Å². The average molecular weight is 272 g/mol. The molecule has 4 heteroatoms. The standard InChI is InChI=1S/C15H16N2OS/c1-10(14-3-2-6-19-14)17-15(18)11-4-5-12-8-16-9-13(12)7-11/h2-7,10,16H,8-9H2,1H3,(H,17,18). The molecule has 0 saturated carbocycles. The van der Waals surface area contributed by atoms with Crippen molar-refractivity contribution in [1.82, 2.24) is 10.6 Å². The van der Waals surface area contributed by atoms with E-state index in [-0.39, 0.29) is 11.9 Å². The highest BCUT2D eigenvalue weighted by molar-refractivity contribution is 7.10. The van der Waals surface area contributed by atoms with Crippen molar-refractivity contribution < 1.29 is 4.79 Å². The Morgan fingerprint density at radius 3 is 2.95 bits per heavy atom. The lowest BCUT2D eigenvalue weighted by molar-refractivity contribution is 0.0940. The van der Waals surface area contributed by atoms with Crippen LogP contribution in [0.1, 0.15) is 39.3 Å². The lowest BCUT2D eigenvalue weighted by Crippen LogP contribution is -2.26. The minimum Gasteiger partial charge on any atom is -0.345 e. The van der Waals surface area contributed by atoms with Crippen LogP contribution < -0.4 is 10.6 Å². The summed E-state index contributed by atoms with van der Waals surface area (Å²) in [6.07, 6.45) is 0. The third-order valence-corrected chi connectivity index (χ3v) is 4.47. The lowest BCUT2D eigenvalue weighted by Gasteiger charge is -2.12. The van der Waals surface area contributed by atoms with Crippen molar-refractivity contribution in [3.63, 3.8) is 0 Å².